The van der Waals surface area contributed by atoms with E-state index in [0.717, 1.165) is 0 Å². The van der Waals surface area contributed by atoms with Gasteiger partial charge in [0.15, 0.2) is 19.7 Å². The Morgan fingerprint density at radius 3 is 1.19 bits per heavy atom. The maximum Gasteiger partial charge on any atom is 0.189 e. The molecule has 1 aliphatic carbocycles. The van der Waals surface area contributed by atoms with Crippen molar-refractivity contribution in [3.63, 3.8) is 0 Å². The van der Waals surface area contributed by atoms with Crippen molar-refractivity contribution in [1.29, 1.82) is 0 Å². The second-order valence-corrected chi connectivity index (χ2v) is 11.4. The van der Waals surface area contributed by atoms with Gasteiger partial charge >= 0.3 is 0 Å². The number of sulfone groups is 2. The summed E-state index contributed by atoms with van der Waals surface area (Å²) in [5.41, 5.74) is 1.23. The summed E-state index contributed by atoms with van der Waals surface area (Å²) >= 11 is 0. The molecule has 0 radical (unpaired) electrons. The molecule has 2 aromatic carbocycles. The Bertz CT molecular complexity index is 1100. The normalized spacial score (nSPS) is 32.8. The van der Waals surface area contributed by atoms with E-state index in [0.29, 0.717) is 24.0 Å². The van der Waals surface area contributed by atoms with Crippen molar-refractivity contribution in [3.8, 4) is 0 Å². The largest absolute Gasteiger partial charge is 0.223 e. The third-order valence-electron chi connectivity index (χ3n) is 5.97. The molecule has 0 aromatic heterocycles. The van der Waals surface area contributed by atoms with Crippen molar-refractivity contribution < 1.29 is 16.8 Å². The van der Waals surface area contributed by atoms with Crippen LogP contribution in [0, 0.1) is 0 Å². The highest BCUT2D eigenvalue weighted by Gasteiger charge is 2.78. The summed E-state index contributed by atoms with van der Waals surface area (Å²) in [4.78, 5) is 0.489. The minimum atomic E-state index is -3.69. The van der Waals surface area contributed by atoms with Gasteiger partial charge in [-0.05, 0) is 36.1 Å². The molecule has 2 aliphatic heterocycles. The highest BCUT2D eigenvalue weighted by atomic mass is 32.2. The van der Waals surface area contributed by atoms with E-state index in [1.807, 2.05) is 12.1 Å². The Balaban J connectivity index is 1.64. The van der Waals surface area contributed by atoms with Crippen molar-refractivity contribution in [3.05, 3.63) is 83.9 Å². The molecule has 1 fully saturated rings. The van der Waals surface area contributed by atoms with Crippen molar-refractivity contribution in [2.45, 2.75) is 22.3 Å². The zero-order valence-electron chi connectivity index (χ0n) is 13.8. The molecular formula is C20H16O4S2. The lowest BCUT2D eigenvalue weighted by Gasteiger charge is -2.62. The maximum absolute atomic E-state index is 13.1. The Morgan fingerprint density at radius 2 is 0.923 bits per heavy atom. The molecule has 0 bridgehead atoms. The SMILES string of the molecule is O=S1(=O)C(c2ccccc2)=CC12CCC21C=C(c2ccccc2)S1(=O)=O. The number of rotatable bonds is 2. The van der Waals surface area contributed by atoms with Crippen LogP contribution in [0.3, 0.4) is 0 Å². The molecule has 0 saturated heterocycles. The van der Waals surface area contributed by atoms with Gasteiger partial charge in [-0.2, -0.15) is 0 Å². The Morgan fingerprint density at radius 1 is 0.577 bits per heavy atom. The summed E-state index contributed by atoms with van der Waals surface area (Å²) in [6.45, 7) is 0. The average molecular weight is 384 g/mol. The van der Waals surface area contributed by atoms with E-state index in [2.05, 4.69) is 0 Å². The molecule has 2 spiro atoms. The summed E-state index contributed by atoms with van der Waals surface area (Å²) in [5, 5.41) is 0. The van der Waals surface area contributed by atoms with E-state index >= 15 is 0 Å². The van der Waals surface area contributed by atoms with Crippen LogP contribution in [0.1, 0.15) is 24.0 Å². The standard InChI is InChI=1S/C20H16O4S2/c21-25(22)17(15-7-3-1-4-8-15)13-19(25)11-12-20(19)14-18(26(20,23)24)16-9-5-2-6-10-16/h1-10,13-14H,11-12H2. The minimum Gasteiger partial charge on any atom is -0.223 e. The predicted octanol–water partition coefficient (Wildman–Crippen LogP) is 3.20. The number of benzene rings is 2. The van der Waals surface area contributed by atoms with Crippen LogP contribution in [-0.2, 0) is 19.7 Å². The monoisotopic (exact) mass is 384 g/mol. The van der Waals surface area contributed by atoms with Gasteiger partial charge in [-0.25, -0.2) is 16.8 Å². The van der Waals surface area contributed by atoms with E-state index in [1.165, 1.54) is 0 Å². The van der Waals surface area contributed by atoms with Crippen molar-refractivity contribution in [2.24, 2.45) is 0 Å². The molecule has 0 N–H and O–H groups in total. The first kappa shape index (κ1) is 16.0. The first-order valence-electron chi connectivity index (χ1n) is 8.42. The topological polar surface area (TPSA) is 68.3 Å². The van der Waals surface area contributed by atoms with E-state index in [-0.39, 0.29) is 9.81 Å². The molecule has 2 aromatic rings. The molecule has 5 rings (SSSR count). The van der Waals surface area contributed by atoms with Gasteiger partial charge in [-0.1, -0.05) is 60.7 Å². The van der Waals surface area contributed by atoms with Crippen LogP contribution in [0.25, 0.3) is 9.81 Å². The van der Waals surface area contributed by atoms with E-state index in [4.69, 9.17) is 0 Å². The summed E-state index contributed by atoms with van der Waals surface area (Å²) < 4.78 is 49.9. The smallest absolute Gasteiger partial charge is 0.189 e. The lowest BCUT2D eigenvalue weighted by atomic mass is 9.69. The van der Waals surface area contributed by atoms with Gasteiger partial charge in [0.1, 0.15) is 9.49 Å². The number of hydrogen-bond acceptors (Lipinski definition) is 4. The molecule has 3 aliphatic rings. The van der Waals surface area contributed by atoms with E-state index in [9.17, 15) is 16.8 Å². The maximum atomic E-state index is 13.1. The fraction of sp³-hybridized carbons (Fsp3) is 0.200. The van der Waals surface area contributed by atoms with E-state index < -0.39 is 29.2 Å². The molecule has 2 unspecified atom stereocenters. The molecule has 6 heteroatoms. The van der Waals surface area contributed by atoms with Crippen molar-refractivity contribution in [1.82, 2.24) is 0 Å². The zero-order chi connectivity index (χ0) is 18.2. The summed E-state index contributed by atoms with van der Waals surface area (Å²) in [6.07, 6.45) is 4.03. The van der Waals surface area contributed by atoms with Crippen LogP contribution in [0.5, 0.6) is 0 Å². The molecule has 2 atom stereocenters. The predicted molar refractivity (Wildman–Crippen MR) is 101 cm³/mol. The van der Waals surface area contributed by atoms with Gasteiger partial charge < -0.3 is 0 Å². The van der Waals surface area contributed by atoms with Gasteiger partial charge in [0.2, 0.25) is 0 Å². The van der Waals surface area contributed by atoms with Crippen LogP contribution in [-0.4, -0.2) is 26.3 Å². The lowest BCUT2D eigenvalue weighted by Crippen LogP contribution is -2.74. The molecule has 2 heterocycles. The van der Waals surface area contributed by atoms with Gasteiger partial charge in [-0.3, -0.25) is 0 Å². The summed E-state index contributed by atoms with van der Waals surface area (Å²) in [6, 6.07) is 17.7. The van der Waals surface area contributed by atoms with Gasteiger partial charge in [0.25, 0.3) is 0 Å². The van der Waals surface area contributed by atoms with Gasteiger partial charge in [0.05, 0.1) is 9.81 Å². The lowest BCUT2D eigenvalue weighted by molar-refractivity contribution is 0.317. The molecular weight excluding hydrogens is 368 g/mol. The molecule has 1 saturated carbocycles. The average Bonchev–Trinajstić information content (AvgIpc) is 2.61. The fourth-order valence-corrected chi connectivity index (χ4v) is 9.62. The van der Waals surface area contributed by atoms with Crippen LogP contribution < -0.4 is 0 Å². The van der Waals surface area contributed by atoms with Crippen LogP contribution >= 0.6 is 0 Å². The van der Waals surface area contributed by atoms with Crippen LogP contribution in [0.2, 0.25) is 0 Å². The second kappa shape index (κ2) is 4.75. The quantitative estimate of drug-likeness (QED) is 0.797. The number of hydrogen-bond donors (Lipinski definition) is 0. The summed E-state index contributed by atoms with van der Waals surface area (Å²) in [7, 11) is -7.37. The summed E-state index contributed by atoms with van der Waals surface area (Å²) in [5.74, 6) is 0. The minimum absolute atomic E-state index is 0.244. The van der Waals surface area contributed by atoms with Crippen molar-refractivity contribution >= 4 is 29.5 Å². The van der Waals surface area contributed by atoms with Crippen molar-refractivity contribution in [2.75, 3.05) is 0 Å². The highest BCUT2D eigenvalue weighted by Crippen LogP contribution is 2.68. The van der Waals surface area contributed by atoms with Crippen LogP contribution in [0.15, 0.2) is 72.8 Å². The van der Waals surface area contributed by atoms with Gasteiger partial charge in [0, 0.05) is 0 Å². The third kappa shape index (κ3) is 1.56. The Hall–Kier alpha value is -2.18. The molecule has 132 valence electrons. The van der Waals surface area contributed by atoms with E-state index in [1.54, 1.807) is 60.7 Å². The highest BCUT2D eigenvalue weighted by molar-refractivity contribution is 8.08. The molecule has 0 amide bonds. The van der Waals surface area contributed by atoms with Crippen LogP contribution in [0.4, 0.5) is 0 Å². The first-order valence-corrected chi connectivity index (χ1v) is 11.4. The zero-order valence-corrected chi connectivity index (χ0v) is 15.4. The Labute approximate surface area is 152 Å². The Kier molecular flexibility index (Phi) is 2.93. The third-order valence-corrected chi connectivity index (χ3v) is 11.3. The fourth-order valence-electron chi connectivity index (χ4n) is 4.42. The first-order chi connectivity index (χ1) is 12.4. The molecule has 26 heavy (non-hydrogen) atoms. The van der Waals surface area contributed by atoms with Gasteiger partial charge in [-0.15, -0.1) is 0 Å². The second-order valence-electron chi connectivity index (χ2n) is 7.04. The number of fused-ring (bicyclic) bond motifs is 1. The molecule has 4 nitrogen and oxygen atoms in total.